The van der Waals surface area contributed by atoms with Crippen LogP contribution in [0.2, 0.25) is 0 Å². The SMILES string of the molecule is O=C(NCC(F)(F)CO)c1ccc(Br)c(C(F)(F)F)c1. The molecule has 1 rings (SSSR count). The van der Waals surface area contributed by atoms with E-state index < -0.39 is 42.3 Å². The first-order chi connectivity index (χ1) is 9.07. The summed E-state index contributed by atoms with van der Waals surface area (Å²) in [5, 5.41) is 10.1. The van der Waals surface area contributed by atoms with E-state index >= 15 is 0 Å². The number of amides is 1. The molecule has 0 saturated carbocycles. The van der Waals surface area contributed by atoms with Crippen molar-refractivity contribution in [2.45, 2.75) is 12.1 Å². The molecular formula is C11H9BrF5NO2. The molecule has 1 aromatic rings. The number of alkyl halides is 5. The van der Waals surface area contributed by atoms with Gasteiger partial charge < -0.3 is 10.4 Å². The molecule has 0 bridgehead atoms. The Bertz CT molecular complexity index is 504. The Kier molecular flexibility index (Phi) is 5.09. The van der Waals surface area contributed by atoms with Crippen molar-refractivity contribution in [3.63, 3.8) is 0 Å². The number of aliphatic hydroxyl groups is 1. The zero-order valence-corrected chi connectivity index (χ0v) is 11.4. The molecule has 0 atom stereocenters. The highest BCUT2D eigenvalue weighted by Gasteiger charge is 2.34. The van der Waals surface area contributed by atoms with Crippen LogP contribution in [0.3, 0.4) is 0 Å². The van der Waals surface area contributed by atoms with Gasteiger partial charge in [0.25, 0.3) is 11.8 Å². The first kappa shape index (κ1) is 16.8. The number of hydrogen-bond donors (Lipinski definition) is 2. The van der Waals surface area contributed by atoms with Gasteiger partial charge in [-0.05, 0) is 18.2 Å². The molecule has 112 valence electrons. The van der Waals surface area contributed by atoms with Crippen molar-refractivity contribution >= 4 is 21.8 Å². The molecular weight excluding hydrogens is 353 g/mol. The predicted molar refractivity (Wildman–Crippen MR) is 63.5 cm³/mol. The first-order valence-electron chi connectivity index (χ1n) is 5.20. The van der Waals surface area contributed by atoms with Crippen LogP contribution in [0.1, 0.15) is 15.9 Å². The quantitative estimate of drug-likeness (QED) is 0.810. The molecule has 0 aliphatic carbocycles. The molecule has 3 nitrogen and oxygen atoms in total. The fraction of sp³-hybridized carbons (Fsp3) is 0.364. The van der Waals surface area contributed by atoms with Crippen LogP contribution < -0.4 is 5.32 Å². The van der Waals surface area contributed by atoms with E-state index in [2.05, 4.69) is 15.9 Å². The smallest absolute Gasteiger partial charge is 0.390 e. The molecule has 0 aliphatic heterocycles. The van der Waals surface area contributed by atoms with Gasteiger partial charge in [0, 0.05) is 10.0 Å². The summed E-state index contributed by atoms with van der Waals surface area (Å²) in [7, 11) is 0. The molecule has 0 fully saturated rings. The maximum absolute atomic E-state index is 12.7. The van der Waals surface area contributed by atoms with Gasteiger partial charge in [0.2, 0.25) is 0 Å². The molecule has 9 heteroatoms. The standard InChI is InChI=1S/C11H9BrF5NO2/c12-8-2-1-6(3-7(8)11(15,16)17)9(20)18-4-10(13,14)5-19/h1-3,19H,4-5H2,(H,18,20). The summed E-state index contributed by atoms with van der Waals surface area (Å²) in [5.74, 6) is -4.62. The van der Waals surface area contributed by atoms with E-state index in [1.807, 2.05) is 0 Å². The van der Waals surface area contributed by atoms with E-state index in [0.717, 1.165) is 12.1 Å². The van der Waals surface area contributed by atoms with E-state index in [1.165, 1.54) is 0 Å². The van der Waals surface area contributed by atoms with E-state index in [9.17, 15) is 26.7 Å². The largest absolute Gasteiger partial charge is 0.417 e. The zero-order valence-electron chi connectivity index (χ0n) is 9.77. The fourth-order valence-electron chi connectivity index (χ4n) is 1.25. The van der Waals surface area contributed by atoms with Gasteiger partial charge in [0.15, 0.2) is 0 Å². The van der Waals surface area contributed by atoms with Crippen LogP contribution in [0, 0.1) is 0 Å². The highest BCUT2D eigenvalue weighted by molar-refractivity contribution is 9.10. The van der Waals surface area contributed by atoms with Gasteiger partial charge in [-0.2, -0.15) is 13.2 Å². The van der Waals surface area contributed by atoms with Crippen LogP contribution in [0.25, 0.3) is 0 Å². The predicted octanol–water partition coefficient (Wildman–Crippen LogP) is 2.83. The van der Waals surface area contributed by atoms with Crippen molar-refractivity contribution in [3.05, 3.63) is 33.8 Å². The maximum Gasteiger partial charge on any atom is 0.417 e. The van der Waals surface area contributed by atoms with Crippen LogP contribution in [0.15, 0.2) is 22.7 Å². The van der Waals surface area contributed by atoms with E-state index in [-0.39, 0.29) is 4.47 Å². The van der Waals surface area contributed by atoms with Crippen molar-refractivity contribution in [1.82, 2.24) is 5.32 Å². The summed E-state index contributed by atoms with van der Waals surface area (Å²) in [5.41, 5.74) is -1.49. The molecule has 2 N–H and O–H groups in total. The Hall–Kier alpha value is -1.22. The summed E-state index contributed by atoms with van der Waals surface area (Å²) in [4.78, 5) is 11.5. The highest BCUT2D eigenvalue weighted by Crippen LogP contribution is 2.35. The molecule has 0 saturated heterocycles. The van der Waals surface area contributed by atoms with Crippen LogP contribution in [-0.4, -0.2) is 30.1 Å². The summed E-state index contributed by atoms with van der Waals surface area (Å²) < 4.78 is 63.0. The topological polar surface area (TPSA) is 49.3 Å². The zero-order chi connectivity index (χ0) is 15.6. The van der Waals surface area contributed by atoms with Gasteiger partial charge in [-0.1, -0.05) is 15.9 Å². The van der Waals surface area contributed by atoms with Gasteiger partial charge in [0.05, 0.1) is 12.1 Å². The number of aliphatic hydroxyl groups excluding tert-OH is 1. The Morgan fingerprint density at radius 3 is 2.35 bits per heavy atom. The molecule has 0 heterocycles. The Balaban J connectivity index is 2.90. The van der Waals surface area contributed by atoms with Gasteiger partial charge >= 0.3 is 6.18 Å². The average Bonchev–Trinajstić information content (AvgIpc) is 2.35. The second-order valence-corrected chi connectivity index (χ2v) is 4.74. The van der Waals surface area contributed by atoms with Crippen molar-refractivity contribution in [2.75, 3.05) is 13.2 Å². The molecule has 0 radical (unpaired) electrons. The second-order valence-electron chi connectivity index (χ2n) is 3.89. The van der Waals surface area contributed by atoms with Crippen LogP contribution in [-0.2, 0) is 6.18 Å². The Morgan fingerprint density at radius 2 is 1.85 bits per heavy atom. The lowest BCUT2D eigenvalue weighted by molar-refractivity contribution is -0.138. The van der Waals surface area contributed by atoms with Crippen molar-refractivity contribution in [1.29, 1.82) is 0 Å². The number of halogens is 6. The third kappa shape index (κ3) is 4.41. The molecule has 0 spiro atoms. The number of nitrogens with one attached hydrogen (secondary N) is 1. The molecule has 0 aromatic heterocycles. The molecule has 1 amide bonds. The van der Waals surface area contributed by atoms with E-state index in [4.69, 9.17) is 5.11 Å². The molecule has 1 aromatic carbocycles. The highest BCUT2D eigenvalue weighted by atomic mass is 79.9. The lowest BCUT2D eigenvalue weighted by atomic mass is 10.1. The van der Waals surface area contributed by atoms with Crippen LogP contribution in [0.5, 0.6) is 0 Å². The maximum atomic E-state index is 12.7. The fourth-order valence-corrected chi connectivity index (χ4v) is 1.72. The van der Waals surface area contributed by atoms with Crippen LogP contribution >= 0.6 is 15.9 Å². The normalized spacial score (nSPS) is 12.3. The second kappa shape index (κ2) is 6.04. The third-order valence-electron chi connectivity index (χ3n) is 2.27. The monoisotopic (exact) mass is 361 g/mol. The number of benzene rings is 1. The van der Waals surface area contributed by atoms with Gasteiger partial charge in [-0.15, -0.1) is 0 Å². The van der Waals surface area contributed by atoms with Crippen molar-refractivity contribution in [3.8, 4) is 0 Å². The van der Waals surface area contributed by atoms with Crippen molar-refractivity contribution in [2.24, 2.45) is 0 Å². The van der Waals surface area contributed by atoms with Crippen molar-refractivity contribution < 1.29 is 31.9 Å². The third-order valence-corrected chi connectivity index (χ3v) is 2.96. The number of carbonyl (C=O) groups is 1. The summed E-state index contributed by atoms with van der Waals surface area (Å²) in [6.45, 7) is -2.64. The van der Waals surface area contributed by atoms with E-state index in [0.29, 0.717) is 6.07 Å². The number of rotatable bonds is 4. The van der Waals surface area contributed by atoms with Gasteiger partial charge in [-0.3, -0.25) is 4.79 Å². The van der Waals surface area contributed by atoms with E-state index in [1.54, 1.807) is 5.32 Å². The molecule has 0 aliphatic rings. The lowest BCUT2D eigenvalue weighted by Gasteiger charge is -2.15. The first-order valence-corrected chi connectivity index (χ1v) is 6.00. The minimum absolute atomic E-state index is 0.262. The minimum atomic E-state index is -4.68. The van der Waals surface area contributed by atoms with Crippen LogP contribution in [0.4, 0.5) is 22.0 Å². The van der Waals surface area contributed by atoms with Gasteiger partial charge in [0.1, 0.15) is 6.61 Å². The Labute approximate surface area is 118 Å². The number of hydrogen-bond acceptors (Lipinski definition) is 2. The number of carbonyl (C=O) groups excluding carboxylic acids is 1. The average molecular weight is 362 g/mol. The summed E-state index contributed by atoms with van der Waals surface area (Å²) in [6.07, 6.45) is -4.68. The molecule has 20 heavy (non-hydrogen) atoms. The Morgan fingerprint density at radius 1 is 1.25 bits per heavy atom. The molecule has 0 unspecified atom stereocenters. The lowest BCUT2D eigenvalue weighted by Crippen LogP contribution is -2.39. The van der Waals surface area contributed by atoms with Gasteiger partial charge in [-0.25, -0.2) is 8.78 Å². The minimum Gasteiger partial charge on any atom is -0.390 e. The summed E-state index contributed by atoms with van der Waals surface area (Å²) >= 11 is 2.69. The summed E-state index contributed by atoms with van der Waals surface area (Å²) in [6, 6.07) is 2.62.